The fourth-order valence-electron chi connectivity index (χ4n) is 1.34. The van der Waals surface area contributed by atoms with E-state index in [4.69, 9.17) is 9.47 Å². The Morgan fingerprint density at radius 3 is 2.38 bits per heavy atom. The Bertz CT molecular complexity index is 328. The highest BCUT2D eigenvalue weighted by molar-refractivity contribution is 5.72. The molecule has 0 saturated carbocycles. The second kappa shape index (κ2) is 6.16. The van der Waals surface area contributed by atoms with Crippen LogP contribution < -0.4 is 4.74 Å². The standard InChI is InChI=1S/C13H18O3/c1-4-15-12-7-5-11(6-8-12)9-13(14)16-10(2)3/h5-8,10H,4,9H2,1-3H3. The third-order valence-electron chi connectivity index (χ3n) is 1.95. The highest BCUT2D eigenvalue weighted by atomic mass is 16.5. The van der Waals surface area contributed by atoms with E-state index < -0.39 is 0 Å². The van der Waals surface area contributed by atoms with Crippen LogP contribution in [0.5, 0.6) is 5.75 Å². The second-order valence-corrected chi connectivity index (χ2v) is 3.79. The zero-order valence-corrected chi connectivity index (χ0v) is 10.0. The van der Waals surface area contributed by atoms with Gasteiger partial charge in [-0.25, -0.2) is 0 Å². The van der Waals surface area contributed by atoms with Crippen molar-refractivity contribution in [3.8, 4) is 5.75 Å². The van der Waals surface area contributed by atoms with Crippen molar-refractivity contribution in [2.24, 2.45) is 0 Å². The van der Waals surface area contributed by atoms with Crippen molar-refractivity contribution in [1.29, 1.82) is 0 Å². The number of hydrogen-bond donors (Lipinski definition) is 0. The van der Waals surface area contributed by atoms with Crippen molar-refractivity contribution in [3.05, 3.63) is 29.8 Å². The molecule has 16 heavy (non-hydrogen) atoms. The molecule has 0 amide bonds. The van der Waals surface area contributed by atoms with Crippen molar-refractivity contribution < 1.29 is 14.3 Å². The van der Waals surface area contributed by atoms with E-state index in [2.05, 4.69) is 0 Å². The molecule has 3 heteroatoms. The smallest absolute Gasteiger partial charge is 0.310 e. The van der Waals surface area contributed by atoms with Gasteiger partial charge in [0.2, 0.25) is 0 Å². The Hall–Kier alpha value is -1.51. The van der Waals surface area contributed by atoms with E-state index in [1.54, 1.807) is 0 Å². The van der Waals surface area contributed by atoms with Gasteiger partial charge < -0.3 is 9.47 Å². The molecule has 0 aliphatic heterocycles. The first-order valence-corrected chi connectivity index (χ1v) is 5.53. The lowest BCUT2D eigenvalue weighted by Gasteiger charge is -2.08. The van der Waals surface area contributed by atoms with E-state index in [0.29, 0.717) is 13.0 Å². The molecule has 0 saturated heterocycles. The summed E-state index contributed by atoms with van der Waals surface area (Å²) >= 11 is 0. The van der Waals surface area contributed by atoms with E-state index in [9.17, 15) is 4.79 Å². The van der Waals surface area contributed by atoms with Crippen LogP contribution in [0.4, 0.5) is 0 Å². The van der Waals surface area contributed by atoms with Gasteiger partial charge in [-0.2, -0.15) is 0 Å². The first kappa shape index (κ1) is 12.6. The molecule has 0 aliphatic carbocycles. The maximum Gasteiger partial charge on any atom is 0.310 e. The number of carbonyl (C=O) groups excluding carboxylic acids is 1. The number of hydrogen-bond acceptors (Lipinski definition) is 3. The molecule has 0 aromatic heterocycles. The topological polar surface area (TPSA) is 35.5 Å². The Kier molecular flexibility index (Phi) is 4.83. The van der Waals surface area contributed by atoms with Gasteiger partial charge in [0.1, 0.15) is 5.75 Å². The fourth-order valence-corrected chi connectivity index (χ4v) is 1.34. The Morgan fingerprint density at radius 1 is 1.25 bits per heavy atom. The van der Waals surface area contributed by atoms with Gasteiger partial charge in [-0.05, 0) is 38.5 Å². The SMILES string of the molecule is CCOc1ccc(CC(=O)OC(C)C)cc1. The lowest BCUT2D eigenvalue weighted by atomic mass is 10.1. The van der Waals surface area contributed by atoms with E-state index in [1.165, 1.54) is 0 Å². The van der Waals surface area contributed by atoms with E-state index >= 15 is 0 Å². The van der Waals surface area contributed by atoms with Crippen molar-refractivity contribution in [3.63, 3.8) is 0 Å². The van der Waals surface area contributed by atoms with Crippen molar-refractivity contribution in [2.75, 3.05) is 6.61 Å². The summed E-state index contributed by atoms with van der Waals surface area (Å²) in [5, 5.41) is 0. The predicted octanol–water partition coefficient (Wildman–Crippen LogP) is 2.58. The van der Waals surface area contributed by atoms with E-state index in [0.717, 1.165) is 11.3 Å². The van der Waals surface area contributed by atoms with Gasteiger partial charge in [-0.3, -0.25) is 4.79 Å². The number of esters is 1. The van der Waals surface area contributed by atoms with Crippen LogP contribution in [-0.2, 0) is 16.0 Å². The van der Waals surface area contributed by atoms with Crippen LogP contribution in [-0.4, -0.2) is 18.7 Å². The van der Waals surface area contributed by atoms with Gasteiger partial charge in [0.25, 0.3) is 0 Å². The molecule has 1 aromatic rings. The molecule has 1 aromatic carbocycles. The number of rotatable bonds is 5. The third kappa shape index (κ3) is 4.34. The molecule has 0 bridgehead atoms. The molecule has 0 spiro atoms. The normalized spacial score (nSPS) is 10.2. The van der Waals surface area contributed by atoms with Crippen LogP contribution in [0.25, 0.3) is 0 Å². The summed E-state index contributed by atoms with van der Waals surface area (Å²) in [4.78, 5) is 11.4. The average molecular weight is 222 g/mol. The molecule has 3 nitrogen and oxygen atoms in total. The van der Waals surface area contributed by atoms with Crippen LogP contribution >= 0.6 is 0 Å². The van der Waals surface area contributed by atoms with Crippen LogP contribution in [0.1, 0.15) is 26.3 Å². The summed E-state index contributed by atoms with van der Waals surface area (Å²) in [5.74, 6) is 0.627. The molecule has 88 valence electrons. The zero-order chi connectivity index (χ0) is 12.0. The molecule has 0 radical (unpaired) electrons. The summed E-state index contributed by atoms with van der Waals surface area (Å²) in [6.45, 7) is 6.27. The molecular weight excluding hydrogens is 204 g/mol. The van der Waals surface area contributed by atoms with E-state index in [-0.39, 0.29) is 12.1 Å². The van der Waals surface area contributed by atoms with Gasteiger partial charge in [-0.1, -0.05) is 12.1 Å². The summed E-state index contributed by atoms with van der Waals surface area (Å²) in [5.41, 5.74) is 0.939. The minimum atomic E-state index is -0.195. The predicted molar refractivity (Wildman–Crippen MR) is 62.5 cm³/mol. The molecular formula is C13H18O3. The maximum atomic E-state index is 11.4. The molecule has 0 aliphatic rings. The summed E-state index contributed by atoms with van der Waals surface area (Å²) in [6, 6.07) is 7.49. The van der Waals surface area contributed by atoms with Crippen LogP contribution in [0.3, 0.4) is 0 Å². The largest absolute Gasteiger partial charge is 0.494 e. The molecule has 0 fully saturated rings. The second-order valence-electron chi connectivity index (χ2n) is 3.79. The maximum absolute atomic E-state index is 11.4. The third-order valence-corrected chi connectivity index (χ3v) is 1.95. The first-order chi connectivity index (χ1) is 7.61. The molecule has 0 heterocycles. The van der Waals surface area contributed by atoms with Gasteiger partial charge in [0.05, 0.1) is 19.1 Å². The van der Waals surface area contributed by atoms with Gasteiger partial charge >= 0.3 is 5.97 Å². The molecule has 1 rings (SSSR count). The lowest BCUT2D eigenvalue weighted by molar-refractivity contribution is -0.146. The molecule has 0 atom stereocenters. The quantitative estimate of drug-likeness (QED) is 0.718. The van der Waals surface area contributed by atoms with Crippen LogP contribution in [0.15, 0.2) is 24.3 Å². The van der Waals surface area contributed by atoms with Crippen molar-refractivity contribution in [1.82, 2.24) is 0 Å². The van der Waals surface area contributed by atoms with Crippen molar-refractivity contribution in [2.45, 2.75) is 33.3 Å². The lowest BCUT2D eigenvalue weighted by Crippen LogP contribution is -2.13. The van der Waals surface area contributed by atoms with Gasteiger partial charge in [-0.15, -0.1) is 0 Å². The molecule has 0 N–H and O–H groups in total. The Morgan fingerprint density at radius 2 is 1.88 bits per heavy atom. The zero-order valence-electron chi connectivity index (χ0n) is 10.0. The van der Waals surface area contributed by atoms with Gasteiger partial charge in [0.15, 0.2) is 0 Å². The van der Waals surface area contributed by atoms with Gasteiger partial charge in [0, 0.05) is 0 Å². The number of carbonyl (C=O) groups is 1. The highest BCUT2D eigenvalue weighted by Crippen LogP contribution is 2.12. The Balaban J connectivity index is 2.51. The highest BCUT2D eigenvalue weighted by Gasteiger charge is 2.06. The summed E-state index contributed by atoms with van der Waals surface area (Å²) in [7, 11) is 0. The van der Waals surface area contributed by atoms with Crippen LogP contribution in [0, 0.1) is 0 Å². The minimum Gasteiger partial charge on any atom is -0.494 e. The average Bonchev–Trinajstić information content (AvgIpc) is 2.20. The summed E-state index contributed by atoms with van der Waals surface area (Å²) < 4.78 is 10.4. The molecule has 0 unspecified atom stereocenters. The fraction of sp³-hybridized carbons (Fsp3) is 0.462. The minimum absolute atomic E-state index is 0.0600. The monoisotopic (exact) mass is 222 g/mol. The van der Waals surface area contributed by atoms with E-state index in [1.807, 2.05) is 45.0 Å². The summed E-state index contributed by atoms with van der Waals surface area (Å²) in [6.07, 6.45) is 0.250. The Labute approximate surface area is 96.4 Å². The number of ether oxygens (including phenoxy) is 2. The van der Waals surface area contributed by atoms with Crippen LogP contribution in [0.2, 0.25) is 0 Å². The van der Waals surface area contributed by atoms with Crippen molar-refractivity contribution >= 4 is 5.97 Å². The number of benzene rings is 1. The first-order valence-electron chi connectivity index (χ1n) is 5.53.